The Kier molecular flexibility index (Phi) is 2.17. The molecule has 0 aromatic rings. The van der Waals surface area contributed by atoms with Crippen LogP contribution in [0, 0.1) is 28.6 Å². The monoisotopic (exact) mass is 238 g/mol. The summed E-state index contributed by atoms with van der Waals surface area (Å²) in [5, 5.41) is 21.0. The van der Waals surface area contributed by atoms with E-state index in [1.54, 1.807) is 0 Å². The van der Waals surface area contributed by atoms with Crippen LogP contribution in [-0.4, -0.2) is 21.9 Å². The number of rotatable bonds is 0. The maximum atomic E-state index is 10.7. The molecule has 3 aliphatic rings. The summed E-state index contributed by atoms with van der Waals surface area (Å²) in [6.07, 6.45) is 3.98. The molecule has 0 heterocycles. The van der Waals surface area contributed by atoms with Gasteiger partial charge in [0.2, 0.25) is 0 Å². The average molecular weight is 238 g/mol. The smallest absolute Gasteiger partial charge is 0.0911 e. The van der Waals surface area contributed by atoms with E-state index in [0.29, 0.717) is 17.3 Å². The quantitative estimate of drug-likeness (QED) is 0.681. The van der Waals surface area contributed by atoms with Crippen LogP contribution in [0.15, 0.2) is 0 Å². The molecule has 2 nitrogen and oxygen atoms in total. The summed E-state index contributed by atoms with van der Waals surface area (Å²) in [4.78, 5) is 0. The van der Waals surface area contributed by atoms with Crippen LogP contribution in [0.4, 0.5) is 0 Å². The molecular formula is C15H26O2. The van der Waals surface area contributed by atoms with Crippen molar-refractivity contribution in [1.29, 1.82) is 0 Å². The lowest BCUT2D eigenvalue weighted by atomic mass is 9.63. The minimum absolute atomic E-state index is 0.172. The van der Waals surface area contributed by atoms with Crippen LogP contribution in [0.1, 0.15) is 53.4 Å². The van der Waals surface area contributed by atoms with Gasteiger partial charge in [-0.15, -0.1) is 0 Å². The Morgan fingerprint density at radius 1 is 1.00 bits per heavy atom. The van der Waals surface area contributed by atoms with E-state index >= 15 is 0 Å². The van der Waals surface area contributed by atoms with E-state index in [1.165, 1.54) is 12.8 Å². The first kappa shape index (κ1) is 12.0. The van der Waals surface area contributed by atoms with Crippen molar-refractivity contribution < 1.29 is 10.2 Å². The fraction of sp³-hybridized carbons (Fsp3) is 1.00. The molecular weight excluding hydrogens is 212 g/mol. The van der Waals surface area contributed by atoms with Gasteiger partial charge in [0, 0.05) is 0 Å². The van der Waals surface area contributed by atoms with Crippen LogP contribution in [0.2, 0.25) is 0 Å². The molecule has 3 fully saturated rings. The molecule has 98 valence electrons. The zero-order valence-electron chi connectivity index (χ0n) is 11.5. The fourth-order valence-electron chi connectivity index (χ4n) is 5.86. The lowest BCUT2D eigenvalue weighted by Gasteiger charge is -2.47. The molecule has 1 spiro atoms. The molecule has 0 amide bonds. The first-order valence-electron chi connectivity index (χ1n) is 7.13. The molecule has 3 aliphatic carbocycles. The Morgan fingerprint density at radius 3 is 2.29 bits per heavy atom. The first-order chi connectivity index (χ1) is 7.73. The second-order valence-corrected chi connectivity index (χ2v) is 7.79. The summed E-state index contributed by atoms with van der Waals surface area (Å²) in [5.74, 6) is 1.66. The summed E-state index contributed by atoms with van der Waals surface area (Å²) in [6.45, 7) is 8.83. The molecule has 0 aromatic carbocycles. The predicted molar refractivity (Wildman–Crippen MR) is 67.5 cm³/mol. The van der Waals surface area contributed by atoms with Crippen molar-refractivity contribution in [2.75, 3.05) is 0 Å². The van der Waals surface area contributed by atoms with Crippen LogP contribution in [-0.2, 0) is 0 Å². The summed E-state index contributed by atoms with van der Waals surface area (Å²) in [7, 11) is 0. The Bertz CT molecular complexity index is 347. The Balaban J connectivity index is 2.10. The minimum atomic E-state index is -0.890. The molecule has 3 saturated carbocycles. The van der Waals surface area contributed by atoms with Gasteiger partial charge in [0.25, 0.3) is 0 Å². The third kappa shape index (κ3) is 1.19. The summed E-state index contributed by atoms with van der Waals surface area (Å²) >= 11 is 0. The Morgan fingerprint density at radius 2 is 1.65 bits per heavy atom. The number of aliphatic hydroxyl groups excluding tert-OH is 1. The molecule has 6 atom stereocenters. The van der Waals surface area contributed by atoms with E-state index in [9.17, 15) is 10.2 Å². The maximum absolute atomic E-state index is 10.7. The molecule has 0 aliphatic heterocycles. The van der Waals surface area contributed by atoms with Crippen LogP contribution in [0.25, 0.3) is 0 Å². The third-order valence-electron chi connectivity index (χ3n) is 6.90. The van der Waals surface area contributed by atoms with Crippen molar-refractivity contribution in [1.82, 2.24) is 0 Å². The van der Waals surface area contributed by atoms with Gasteiger partial charge in [-0.3, -0.25) is 0 Å². The van der Waals surface area contributed by atoms with Crippen molar-refractivity contribution >= 4 is 0 Å². The predicted octanol–water partition coefficient (Wildman–Crippen LogP) is 2.58. The van der Waals surface area contributed by atoms with Gasteiger partial charge in [0.05, 0.1) is 11.7 Å². The Hall–Kier alpha value is -0.0800. The van der Waals surface area contributed by atoms with E-state index in [4.69, 9.17) is 0 Å². The standard InChI is InChI=1S/C15H26O2/c1-9-5-6-10-13(2,3)11-7-15(9,10)8-12(16)14(11,4)17/h9-12,16-17H,5-8H2,1-4H3/t9-,10+,11+,12?,14?,15-/m1/s1. The van der Waals surface area contributed by atoms with Crippen LogP contribution >= 0.6 is 0 Å². The molecule has 2 unspecified atom stereocenters. The van der Waals surface area contributed by atoms with Gasteiger partial charge in [-0.1, -0.05) is 20.8 Å². The molecule has 2 N–H and O–H groups in total. The van der Waals surface area contributed by atoms with Crippen molar-refractivity contribution in [2.24, 2.45) is 28.6 Å². The van der Waals surface area contributed by atoms with Gasteiger partial charge >= 0.3 is 0 Å². The zero-order valence-corrected chi connectivity index (χ0v) is 11.5. The second kappa shape index (κ2) is 3.08. The van der Waals surface area contributed by atoms with E-state index < -0.39 is 11.7 Å². The maximum Gasteiger partial charge on any atom is 0.0911 e. The second-order valence-electron chi connectivity index (χ2n) is 7.79. The van der Waals surface area contributed by atoms with Crippen LogP contribution < -0.4 is 0 Å². The van der Waals surface area contributed by atoms with Gasteiger partial charge in [-0.25, -0.2) is 0 Å². The van der Waals surface area contributed by atoms with Crippen molar-refractivity contribution in [3.8, 4) is 0 Å². The number of hydrogen-bond acceptors (Lipinski definition) is 2. The highest BCUT2D eigenvalue weighted by molar-refractivity contribution is 5.19. The summed E-state index contributed by atoms with van der Waals surface area (Å²) in [5.41, 5.74) is -0.402. The van der Waals surface area contributed by atoms with E-state index in [0.717, 1.165) is 12.8 Å². The van der Waals surface area contributed by atoms with Gasteiger partial charge in [0.1, 0.15) is 0 Å². The highest BCUT2D eigenvalue weighted by Gasteiger charge is 2.70. The zero-order chi connectivity index (χ0) is 12.6. The molecule has 2 heteroatoms. The normalized spacial score (nSPS) is 60.4. The van der Waals surface area contributed by atoms with Crippen molar-refractivity contribution in [3.05, 3.63) is 0 Å². The SMILES string of the molecule is C[C@@H]1CC[C@H]2C(C)(C)[C@@H]3C[C@@]12CC(O)C3(C)O. The number of hydrogen-bond donors (Lipinski definition) is 2. The first-order valence-corrected chi connectivity index (χ1v) is 7.13. The third-order valence-corrected chi connectivity index (χ3v) is 6.90. The number of fused-ring (bicyclic) bond motifs is 1. The highest BCUT2D eigenvalue weighted by Crippen LogP contribution is 2.73. The van der Waals surface area contributed by atoms with Gasteiger partial charge in [-0.2, -0.15) is 0 Å². The van der Waals surface area contributed by atoms with Crippen LogP contribution in [0.5, 0.6) is 0 Å². The molecule has 0 radical (unpaired) electrons. The average Bonchev–Trinajstić information content (AvgIpc) is 2.61. The summed E-state index contributed by atoms with van der Waals surface area (Å²) in [6, 6.07) is 0. The van der Waals surface area contributed by atoms with Gasteiger partial charge in [-0.05, 0) is 61.2 Å². The van der Waals surface area contributed by atoms with Gasteiger partial charge in [0.15, 0.2) is 0 Å². The van der Waals surface area contributed by atoms with E-state index in [1.807, 2.05) is 6.92 Å². The molecule has 17 heavy (non-hydrogen) atoms. The molecule has 3 rings (SSSR count). The van der Waals surface area contributed by atoms with Crippen molar-refractivity contribution in [3.63, 3.8) is 0 Å². The molecule has 0 aromatic heterocycles. The fourth-order valence-corrected chi connectivity index (χ4v) is 5.86. The molecule has 2 bridgehead atoms. The molecule has 0 saturated heterocycles. The number of aliphatic hydroxyl groups is 2. The van der Waals surface area contributed by atoms with Gasteiger partial charge < -0.3 is 10.2 Å². The summed E-state index contributed by atoms with van der Waals surface area (Å²) < 4.78 is 0. The van der Waals surface area contributed by atoms with E-state index in [2.05, 4.69) is 20.8 Å². The topological polar surface area (TPSA) is 40.5 Å². The van der Waals surface area contributed by atoms with Crippen LogP contribution in [0.3, 0.4) is 0 Å². The lowest BCUT2D eigenvalue weighted by molar-refractivity contribution is -0.153. The van der Waals surface area contributed by atoms with Crippen molar-refractivity contribution in [2.45, 2.75) is 65.1 Å². The minimum Gasteiger partial charge on any atom is -0.390 e. The van der Waals surface area contributed by atoms with E-state index in [-0.39, 0.29) is 11.3 Å². The Labute approximate surface area is 104 Å². The largest absolute Gasteiger partial charge is 0.390 e. The lowest BCUT2D eigenvalue weighted by Crippen LogP contribution is -2.53. The highest BCUT2D eigenvalue weighted by atomic mass is 16.3.